The largest absolute Gasteiger partial charge is 0.346 e. The zero-order valence-electron chi connectivity index (χ0n) is 14.5. The SMILES string of the molecule is CCc1cc(-c2ccc(C(=O)NCc3csc(C)n3)cc2)nc(C)n1. The zero-order chi connectivity index (χ0) is 17.8. The van der Waals surface area contributed by atoms with Crippen LogP contribution in [-0.2, 0) is 13.0 Å². The molecule has 0 atom stereocenters. The number of amides is 1. The first kappa shape index (κ1) is 17.2. The summed E-state index contributed by atoms with van der Waals surface area (Å²) in [5.74, 6) is 0.653. The molecular weight excluding hydrogens is 332 g/mol. The summed E-state index contributed by atoms with van der Waals surface area (Å²) in [7, 11) is 0. The lowest BCUT2D eigenvalue weighted by Gasteiger charge is -2.07. The van der Waals surface area contributed by atoms with Gasteiger partial charge >= 0.3 is 0 Å². The van der Waals surface area contributed by atoms with Crippen LogP contribution in [0.5, 0.6) is 0 Å². The van der Waals surface area contributed by atoms with Gasteiger partial charge in [0.15, 0.2) is 0 Å². The van der Waals surface area contributed by atoms with E-state index in [0.717, 1.165) is 39.9 Å². The van der Waals surface area contributed by atoms with Crippen LogP contribution in [0.15, 0.2) is 35.7 Å². The number of rotatable bonds is 5. The lowest BCUT2D eigenvalue weighted by atomic mass is 10.1. The average molecular weight is 352 g/mol. The molecule has 6 heteroatoms. The highest BCUT2D eigenvalue weighted by atomic mass is 32.1. The maximum atomic E-state index is 12.3. The molecular formula is C19H20N4OS. The van der Waals surface area contributed by atoms with Crippen molar-refractivity contribution < 1.29 is 4.79 Å². The molecule has 5 nitrogen and oxygen atoms in total. The van der Waals surface area contributed by atoms with Crippen molar-refractivity contribution in [2.45, 2.75) is 33.7 Å². The molecule has 2 heterocycles. The topological polar surface area (TPSA) is 67.8 Å². The molecule has 0 saturated carbocycles. The van der Waals surface area contributed by atoms with Crippen molar-refractivity contribution in [2.75, 3.05) is 0 Å². The molecule has 0 aliphatic heterocycles. The van der Waals surface area contributed by atoms with E-state index in [0.29, 0.717) is 12.1 Å². The number of aryl methyl sites for hydroxylation is 3. The van der Waals surface area contributed by atoms with Gasteiger partial charge < -0.3 is 5.32 Å². The van der Waals surface area contributed by atoms with Crippen LogP contribution in [0, 0.1) is 13.8 Å². The third-order valence-electron chi connectivity index (χ3n) is 3.79. The molecule has 2 aromatic heterocycles. The van der Waals surface area contributed by atoms with E-state index < -0.39 is 0 Å². The van der Waals surface area contributed by atoms with Crippen LogP contribution in [-0.4, -0.2) is 20.9 Å². The van der Waals surface area contributed by atoms with E-state index in [1.807, 2.05) is 49.6 Å². The molecule has 1 amide bonds. The Kier molecular flexibility index (Phi) is 5.19. The lowest BCUT2D eigenvalue weighted by Crippen LogP contribution is -2.22. The summed E-state index contributed by atoms with van der Waals surface area (Å²) in [5.41, 5.74) is 4.39. The van der Waals surface area contributed by atoms with Crippen LogP contribution < -0.4 is 5.32 Å². The Hall–Kier alpha value is -2.60. The Morgan fingerprint density at radius 2 is 1.84 bits per heavy atom. The van der Waals surface area contributed by atoms with E-state index in [2.05, 4.69) is 27.2 Å². The summed E-state index contributed by atoms with van der Waals surface area (Å²) >= 11 is 1.58. The van der Waals surface area contributed by atoms with Gasteiger partial charge in [-0.15, -0.1) is 11.3 Å². The van der Waals surface area contributed by atoms with Crippen molar-refractivity contribution in [3.8, 4) is 11.3 Å². The quantitative estimate of drug-likeness (QED) is 0.760. The number of carbonyl (C=O) groups excluding carboxylic acids is 1. The fourth-order valence-corrected chi connectivity index (χ4v) is 3.13. The second kappa shape index (κ2) is 7.53. The van der Waals surface area contributed by atoms with Gasteiger partial charge in [-0.25, -0.2) is 15.0 Å². The van der Waals surface area contributed by atoms with Gasteiger partial charge in [-0.2, -0.15) is 0 Å². The second-order valence-corrected chi connectivity index (χ2v) is 6.83. The molecule has 0 bridgehead atoms. The zero-order valence-corrected chi connectivity index (χ0v) is 15.4. The number of nitrogens with one attached hydrogen (secondary N) is 1. The number of hydrogen-bond donors (Lipinski definition) is 1. The molecule has 1 aromatic carbocycles. The second-order valence-electron chi connectivity index (χ2n) is 5.76. The Balaban J connectivity index is 1.71. The Bertz CT molecular complexity index is 887. The first-order chi connectivity index (χ1) is 12.0. The van der Waals surface area contributed by atoms with Gasteiger partial charge in [0.05, 0.1) is 22.9 Å². The van der Waals surface area contributed by atoms with Gasteiger partial charge in [-0.05, 0) is 38.5 Å². The molecule has 25 heavy (non-hydrogen) atoms. The summed E-state index contributed by atoms with van der Waals surface area (Å²) in [5, 5.41) is 5.85. The number of aromatic nitrogens is 3. The van der Waals surface area contributed by atoms with Crippen molar-refractivity contribution in [1.29, 1.82) is 0 Å². The third kappa shape index (κ3) is 4.28. The molecule has 0 aliphatic carbocycles. The van der Waals surface area contributed by atoms with Gasteiger partial charge in [0.1, 0.15) is 5.82 Å². The van der Waals surface area contributed by atoms with Gasteiger partial charge in [0.2, 0.25) is 0 Å². The van der Waals surface area contributed by atoms with E-state index in [1.165, 1.54) is 0 Å². The van der Waals surface area contributed by atoms with Crippen molar-refractivity contribution in [1.82, 2.24) is 20.3 Å². The maximum Gasteiger partial charge on any atom is 0.251 e. The van der Waals surface area contributed by atoms with Crippen LogP contribution in [0.3, 0.4) is 0 Å². The molecule has 0 unspecified atom stereocenters. The molecule has 0 fully saturated rings. The fourth-order valence-electron chi connectivity index (χ4n) is 2.51. The summed E-state index contributed by atoms with van der Waals surface area (Å²) in [6.07, 6.45) is 0.868. The monoisotopic (exact) mass is 352 g/mol. The highest BCUT2D eigenvalue weighted by Crippen LogP contribution is 2.19. The van der Waals surface area contributed by atoms with Crippen LogP contribution in [0.4, 0.5) is 0 Å². The van der Waals surface area contributed by atoms with Gasteiger partial charge in [0.25, 0.3) is 5.91 Å². The molecule has 3 rings (SSSR count). The predicted molar refractivity (Wildman–Crippen MR) is 99.6 cm³/mol. The highest BCUT2D eigenvalue weighted by molar-refractivity contribution is 7.09. The molecule has 0 radical (unpaired) electrons. The number of hydrogen-bond acceptors (Lipinski definition) is 5. The van der Waals surface area contributed by atoms with Crippen molar-refractivity contribution >= 4 is 17.2 Å². The normalized spacial score (nSPS) is 10.7. The minimum atomic E-state index is -0.106. The summed E-state index contributed by atoms with van der Waals surface area (Å²) in [6.45, 7) is 6.36. The molecule has 3 aromatic rings. The standard InChI is InChI=1S/C19H20N4OS/c1-4-16-9-18(22-12(2)21-16)14-5-7-15(8-6-14)19(24)20-10-17-11-25-13(3)23-17/h5-9,11H,4,10H2,1-3H3,(H,20,24). The summed E-state index contributed by atoms with van der Waals surface area (Å²) in [4.78, 5) is 25.5. The number of thiazole rings is 1. The number of benzene rings is 1. The van der Waals surface area contributed by atoms with E-state index >= 15 is 0 Å². The van der Waals surface area contributed by atoms with E-state index in [4.69, 9.17) is 0 Å². The van der Waals surface area contributed by atoms with Gasteiger partial charge in [0, 0.05) is 22.2 Å². The molecule has 0 spiro atoms. The van der Waals surface area contributed by atoms with Crippen LogP contribution in [0.1, 0.15) is 39.5 Å². The first-order valence-corrected chi connectivity index (χ1v) is 9.07. The predicted octanol–water partition coefficient (Wildman–Crippen LogP) is 3.71. The maximum absolute atomic E-state index is 12.3. The lowest BCUT2D eigenvalue weighted by molar-refractivity contribution is 0.0950. The Labute approximate surface area is 151 Å². The van der Waals surface area contributed by atoms with Crippen molar-refractivity contribution in [3.63, 3.8) is 0 Å². The minimum absolute atomic E-state index is 0.106. The third-order valence-corrected chi connectivity index (χ3v) is 4.62. The van der Waals surface area contributed by atoms with Gasteiger partial charge in [-0.1, -0.05) is 19.1 Å². The van der Waals surface area contributed by atoms with Crippen LogP contribution in [0.2, 0.25) is 0 Å². The molecule has 1 N–H and O–H groups in total. The smallest absolute Gasteiger partial charge is 0.251 e. The Morgan fingerprint density at radius 1 is 1.08 bits per heavy atom. The molecule has 128 valence electrons. The molecule has 0 aliphatic rings. The number of carbonyl (C=O) groups is 1. The van der Waals surface area contributed by atoms with E-state index in [9.17, 15) is 4.79 Å². The average Bonchev–Trinajstić information content (AvgIpc) is 3.04. The summed E-state index contributed by atoms with van der Waals surface area (Å²) < 4.78 is 0. The van der Waals surface area contributed by atoms with Crippen molar-refractivity contribution in [2.24, 2.45) is 0 Å². The Morgan fingerprint density at radius 3 is 2.48 bits per heavy atom. The van der Waals surface area contributed by atoms with E-state index in [-0.39, 0.29) is 5.91 Å². The fraction of sp³-hybridized carbons (Fsp3) is 0.263. The van der Waals surface area contributed by atoms with Crippen LogP contribution >= 0.6 is 11.3 Å². The number of nitrogens with zero attached hydrogens (tertiary/aromatic N) is 3. The van der Waals surface area contributed by atoms with Crippen LogP contribution in [0.25, 0.3) is 11.3 Å². The highest BCUT2D eigenvalue weighted by Gasteiger charge is 2.08. The minimum Gasteiger partial charge on any atom is -0.346 e. The van der Waals surface area contributed by atoms with Gasteiger partial charge in [-0.3, -0.25) is 4.79 Å². The van der Waals surface area contributed by atoms with Crippen molar-refractivity contribution in [3.05, 3.63) is 63.5 Å². The summed E-state index contributed by atoms with van der Waals surface area (Å²) in [6, 6.07) is 9.47. The molecule has 0 saturated heterocycles. The van der Waals surface area contributed by atoms with E-state index in [1.54, 1.807) is 11.3 Å². The first-order valence-electron chi connectivity index (χ1n) is 8.19.